The van der Waals surface area contributed by atoms with Crippen molar-refractivity contribution >= 4 is 28.6 Å². The van der Waals surface area contributed by atoms with Gasteiger partial charge in [0, 0.05) is 37.8 Å². The van der Waals surface area contributed by atoms with Crippen molar-refractivity contribution in [1.82, 2.24) is 25.0 Å². The Morgan fingerprint density at radius 1 is 1.28 bits per heavy atom. The van der Waals surface area contributed by atoms with Crippen LogP contribution in [0, 0.1) is 5.92 Å². The molecule has 2 atom stereocenters. The molecule has 4 heterocycles. The SMILES string of the molecule is Cn1ncc2c(C(=O)NC(CCN3CC[C@@H](CCc4ccc5c(n4)NCCC5)C3)C(=O)O)cccc21. The third kappa shape index (κ3) is 5.36. The first-order valence-electron chi connectivity index (χ1n) is 12.9. The Bertz CT molecular complexity index is 1260. The molecule has 5 rings (SSSR count). The van der Waals surface area contributed by atoms with Crippen LogP contribution in [-0.2, 0) is 24.7 Å². The predicted molar refractivity (Wildman–Crippen MR) is 138 cm³/mol. The molecule has 36 heavy (non-hydrogen) atoms. The number of rotatable bonds is 9. The maximum Gasteiger partial charge on any atom is 0.326 e. The van der Waals surface area contributed by atoms with Gasteiger partial charge >= 0.3 is 5.97 Å². The van der Waals surface area contributed by atoms with E-state index in [-0.39, 0.29) is 5.91 Å². The van der Waals surface area contributed by atoms with Crippen molar-refractivity contribution in [2.24, 2.45) is 13.0 Å². The molecule has 2 aromatic heterocycles. The first-order valence-corrected chi connectivity index (χ1v) is 12.9. The summed E-state index contributed by atoms with van der Waals surface area (Å²) in [5.41, 5.74) is 3.73. The number of amides is 1. The summed E-state index contributed by atoms with van der Waals surface area (Å²) in [6.45, 7) is 3.56. The van der Waals surface area contributed by atoms with Gasteiger partial charge in [0.05, 0.1) is 17.3 Å². The number of carbonyl (C=O) groups is 2. The molecule has 1 fully saturated rings. The number of nitrogens with one attached hydrogen (secondary N) is 2. The van der Waals surface area contributed by atoms with E-state index in [1.807, 2.05) is 13.1 Å². The lowest BCUT2D eigenvalue weighted by atomic mass is 10.00. The minimum Gasteiger partial charge on any atom is -0.480 e. The molecule has 3 N–H and O–H groups in total. The van der Waals surface area contributed by atoms with Crippen molar-refractivity contribution in [2.75, 3.05) is 31.5 Å². The highest BCUT2D eigenvalue weighted by Crippen LogP contribution is 2.24. The number of pyridine rings is 1. The number of carboxylic acids is 1. The molecule has 3 aromatic rings. The van der Waals surface area contributed by atoms with Crippen LogP contribution >= 0.6 is 0 Å². The zero-order valence-electron chi connectivity index (χ0n) is 20.7. The second-order valence-electron chi connectivity index (χ2n) is 9.99. The third-order valence-electron chi connectivity index (χ3n) is 7.50. The Labute approximate surface area is 210 Å². The van der Waals surface area contributed by atoms with Crippen LogP contribution in [0.5, 0.6) is 0 Å². The highest BCUT2D eigenvalue weighted by Gasteiger charge is 2.26. The molecular formula is C27H34N6O3. The lowest BCUT2D eigenvalue weighted by molar-refractivity contribution is -0.139. The molecule has 0 spiro atoms. The highest BCUT2D eigenvalue weighted by atomic mass is 16.4. The van der Waals surface area contributed by atoms with E-state index in [0.29, 0.717) is 29.8 Å². The van der Waals surface area contributed by atoms with Crippen LogP contribution in [0.2, 0.25) is 0 Å². The highest BCUT2D eigenvalue weighted by molar-refractivity contribution is 6.07. The van der Waals surface area contributed by atoms with Crippen LogP contribution in [0.1, 0.15) is 47.3 Å². The minimum atomic E-state index is -1.01. The summed E-state index contributed by atoms with van der Waals surface area (Å²) in [6.07, 6.45) is 7.42. The lowest BCUT2D eigenvalue weighted by Crippen LogP contribution is -2.43. The smallest absolute Gasteiger partial charge is 0.326 e. The lowest BCUT2D eigenvalue weighted by Gasteiger charge is -2.20. The fourth-order valence-corrected chi connectivity index (χ4v) is 5.39. The number of fused-ring (bicyclic) bond motifs is 2. The van der Waals surface area contributed by atoms with Crippen molar-refractivity contribution in [3.8, 4) is 0 Å². The number of hydrogen-bond acceptors (Lipinski definition) is 6. The quantitative estimate of drug-likeness (QED) is 0.423. The van der Waals surface area contributed by atoms with E-state index in [2.05, 4.69) is 32.8 Å². The predicted octanol–water partition coefficient (Wildman–Crippen LogP) is 2.85. The van der Waals surface area contributed by atoms with Crippen molar-refractivity contribution < 1.29 is 14.7 Å². The number of carboxylic acid groups (broad SMARTS) is 1. The molecule has 2 aliphatic heterocycles. The number of hydrogen-bond donors (Lipinski definition) is 3. The fourth-order valence-electron chi connectivity index (χ4n) is 5.39. The summed E-state index contributed by atoms with van der Waals surface area (Å²) in [7, 11) is 1.81. The molecule has 2 aliphatic rings. The van der Waals surface area contributed by atoms with Gasteiger partial charge in [-0.15, -0.1) is 0 Å². The third-order valence-corrected chi connectivity index (χ3v) is 7.50. The summed E-state index contributed by atoms with van der Waals surface area (Å²) in [6, 6.07) is 8.81. The zero-order chi connectivity index (χ0) is 25.1. The van der Waals surface area contributed by atoms with Gasteiger partial charge in [0.15, 0.2) is 0 Å². The minimum absolute atomic E-state index is 0.370. The number of aliphatic carboxylic acids is 1. The van der Waals surface area contributed by atoms with Gasteiger partial charge < -0.3 is 20.6 Å². The Balaban J connectivity index is 1.11. The van der Waals surface area contributed by atoms with Crippen LogP contribution in [0.4, 0.5) is 5.82 Å². The molecule has 0 bridgehead atoms. The molecule has 0 aliphatic carbocycles. The first-order chi connectivity index (χ1) is 17.5. The number of nitrogens with zero attached hydrogens (tertiary/aromatic N) is 4. The molecule has 0 radical (unpaired) electrons. The van der Waals surface area contributed by atoms with E-state index >= 15 is 0 Å². The Kier molecular flexibility index (Phi) is 7.18. The molecular weight excluding hydrogens is 456 g/mol. The van der Waals surface area contributed by atoms with E-state index in [1.165, 1.54) is 12.0 Å². The van der Waals surface area contributed by atoms with Gasteiger partial charge in [-0.2, -0.15) is 5.10 Å². The van der Waals surface area contributed by atoms with E-state index in [4.69, 9.17) is 4.98 Å². The fraction of sp³-hybridized carbons (Fsp3) is 0.481. The molecule has 1 unspecified atom stereocenters. The van der Waals surface area contributed by atoms with E-state index in [1.54, 1.807) is 23.0 Å². The standard InChI is InChI=1S/C27H34N6O3/c1-32-24-6-2-5-21(22(24)16-29-32)26(34)31-23(27(35)36)12-15-33-14-11-18(17-33)7-9-20-10-8-19-4-3-13-28-25(19)30-20/h2,5-6,8,10,16,18,23H,3-4,7,9,11-15,17H2,1H3,(H,28,30)(H,31,34)(H,35,36)/t18-,23?/m1/s1. The Hall–Kier alpha value is -3.46. The molecule has 1 saturated heterocycles. The Morgan fingerprint density at radius 3 is 3.03 bits per heavy atom. The molecule has 190 valence electrons. The number of aryl methyl sites for hydroxylation is 3. The van der Waals surface area contributed by atoms with Gasteiger partial charge in [-0.25, -0.2) is 9.78 Å². The zero-order valence-corrected chi connectivity index (χ0v) is 20.7. The van der Waals surface area contributed by atoms with Gasteiger partial charge in [0.25, 0.3) is 5.91 Å². The van der Waals surface area contributed by atoms with E-state index in [0.717, 1.165) is 62.3 Å². The second-order valence-corrected chi connectivity index (χ2v) is 9.99. The van der Waals surface area contributed by atoms with Crippen LogP contribution in [0.15, 0.2) is 36.5 Å². The van der Waals surface area contributed by atoms with Gasteiger partial charge in [0.1, 0.15) is 11.9 Å². The Morgan fingerprint density at radius 2 is 2.17 bits per heavy atom. The number of carbonyl (C=O) groups excluding carboxylic acids is 1. The van der Waals surface area contributed by atoms with E-state index < -0.39 is 12.0 Å². The number of likely N-dealkylation sites (tertiary alicyclic amines) is 1. The normalized spacial score (nSPS) is 18.5. The van der Waals surface area contributed by atoms with Gasteiger partial charge in [-0.1, -0.05) is 12.1 Å². The van der Waals surface area contributed by atoms with Crippen molar-refractivity contribution in [3.63, 3.8) is 0 Å². The van der Waals surface area contributed by atoms with Crippen molar-refractivity contribution in [3.05, 3.63) is 53.3 Å². The number of aromatic nitrogens is 3. The summed E-state index contributed by atoms with van der Waals surface area (Å²) >= 11 is 0. The summed E-state index contributed by atoms with van der Waals surface area (Å²) in [4.78, 5) is 31.9. The second kappa shape index (κ2) is 10.7. The van der Waals surface area contributed by atoms with Gasteiger partial charge in [-0.3, -0.25) is 9.48 Å². The van der Waals surface area contributed by atoms with Crippen molar-refractivity contribution in [2.45, 2.75) is 44.6 Å². The van der Waals surface area contributed by atoms with Crippen LogP contribution in [0.25, 0.3) is 10.9 Å². The van der Waals surface area contributed by atoms with Gasteiger partial charge in [-0.05, 0) is 74.8 Å². The monoisotopic (exact) mass is 490 g/mol. The maximum absolute atomic E-state index is 12.9. The maximum atomic E-state index is 12.9. The van der Waals surface area contributed by atoms with Crippen LogP contribution < -0.4 is 10.6 Å². The molecule has 9 nitrogen and oxygen atoms in total. The molecule has 9 heteroatoms. The van der Waals surface area contributed by atoms with Crippen molar-refractivity contribution in [1.29, 1.82) is 0 Å². The molecule has 1 amide bonds. The van der Waals surface area contributed by atoms with E-state index in [9.17, 15) is 14.7 Å². The average Bonchev–Trinajstić information content (AvgIpc) is 3.51. The van der Waals surface area contributed by atoms with Crippen LogP contribution in [0.3, 0.4) is 0 Å². The number of anilines is 1. The summed E-state index contributed by atoms with van der Waals surface area (Å²) < 4.78 is 1.70. The average molecular weight is 491 g/mol. The topological polar surface area (TPSA) is 112 Å². The first kappa shape index (κ1) is 24.2. The summed E-state index contributed by atoms with van der Waals surface area (Å²) in [5, 5.41) is 20.8. The molecule has 0 saturated carbocycles. The van der Waals surface area contributed by atoms with Crippen LogP contribution in [-0.4, -0.2) is 68.9 Å². The molecule has 1 aromatic carbocycles. The number of benzene rings is 1. The largest absolute Gasteiger partial charge is 0.480 e. The summed E-state index contributed by atoms with van der Waals surface area (Å²) in [5.74, 6) is 0.238. The van der Waals surface area contributed by atoms with Gasteiger partial charge in [0.2, 0.25) is 0 Å².